The molecule has 0 saturated carbocycles. The minimum Gasteiger partial charge on any atom is -0.389 e. The number of anilines is 1. The molecule has 1 saturated heterocycles. The van der Waals surface area contributed by atoms with Crippen molar-refractivity contribution in [3.8, 4) is 0 Å². The van der Waals surface area contributed by atoms with Crippen molar-refractivity contribution in [1.29, 1.82) is 0 Å². The van der Waals surface area contributed by atoms with Gasteiger partial charge >= 0.3 is 0 Å². The molecule has 5 heteroatoms. The van der Waals surface area contributed by atoms with Crippen molar-refractivity contribution in [2.24, 2.45) is 5.73 Å². The Kier molecular flexibility index (Phi) is 3.59. The molecule has 1 aromatic heterocycles. The Hall–Kier alpha value is -1.20. The number of nitrogens with one attached hydrogen (secondary N) is 1. The number of rotatable bonds is 3. The average molecular weight is 251 g/mol. The van der Waals surface area contributed by atoms with Gasteiger partial charge in [-0.05, 0) is 31.9 Å². The Morgan fingerprint density at radius 3 is 2.71 bits per heavy atom. The first kappa shape index (κ1) is 12.3. The van der Waals surface area contributed by atoms with E-state index in [0.29, 0.717) is 4.99 Å². The van der Waals surface area contributed by atoms with E-state index in [-0.39, 0.29) is 5.54 Å². The summed E-state index contributed by atoms with van der Waals surface area (Å²) in [4.78, 5) is 4.70. The molecule has 1 fully saturated rings. The zero-order valence-electron chi connectivity index (χ0n) is 9.90. The molecule has 2 rings (SSSR count). The zero-order chi connectivity index (χ0) is 12.3. The van der Waals surface area contributed by atoms with Crippen LogP contribution in [0.2, 0.25) is 0 Å². The number of hydrogen-bond acceptors (Lipinski definition) is 4. The number of nitrogens with zero attached hydrogens (tertiary/aromatic N) is 1. The molecule has 0 radical (unpaired) electrons. The summed E-state index contributed by atoms with van der Waals surface area (Å²) in [6.07, 6.45) is 3.69. The summed E-state index contributed by atoms with van der Waals surface area (Å²) in [6, 6.07) is 3.80. The van der Waals surface area contributed by atoms with Gasteiger partial charge in [-0.1, -0.05) is 12.2 Å². The molecule has 0 atom stereocenters. The van der Waals surface area contributed by atoms with Crippen molar-refractivity contribution in [3.05, 3.63) is 23.9 Å². The van der Waals surface area contributed by atoms with Crippen molar-refractivity contribution < 1.29 is 4.74 Å². The van der Waals surface area contributed by atoms with Gasteiger partial charge in [0.2, 0.25) is 0 Å². The highest BCUT2D eigenvalue weighted by Gasteiger charge is 2.27. The van der Waals surface area contributed by atoms with E-state index >= 15 is 0 Å². The van der Waals surface area contributed by atoms with Gasteiger partial charge in [-0.15, -0.1) is 0 Å². The fourth-order valence-corrected chi connectivity index (χ4v) is 1.99. The summed E-state index contributed by atoms with van der Waals surface area (Å²) in [5.74, 6) is 0.856. The first-order valence-electron chi connectivity index (χ1n) is 5.71. The first-order chi connectivity index (χ1) is 8.09. The van der Waals surface area contributed by atoms with Crippen LogP contribution in [0.15, 0.2) is 18.3 Å². The maximum absolute atomic E-state index is 5.53. The molecule has 1 aromatic rings. The summed E-state index contributed by atoms with van der Waals surface area (Å²) in [5, 5.41) is 3.45. The fraction of sp³-hybridized carbons (Fsp3) is 0.500. The van der Waals surface area contributed by atoms with Crippen molar-refractivity contribution in [2.75, 3.05) is 18.5 Å². The standard InChI is InChI=1S/C12H17N3OS/c1-12(4-6-16-7-5-12)15-10-3-2-9(8-14-10)11(13)17/h2-3,8H,4-7H2,1H3,(H2,13,17)(H,14,15). The molecule has 0 bridgehead atoms. The summed E-state index contributed by atoms with van der Waals surface area (Å²) >= 11 is 4.89. The third-order valence-corrected chi connectivity index (χ3v) is 3.31. The van der Waals surface area contributed by atoms with Gasteiger partial charge in [0, 0.05) is 30.5 Å². The predicted octanol–water partition coefficient (Wildman–Crippen LogP) is 1.70. The predicted molar refractivity (Wildman–Crippen MR) is 72.2 cm³/mol. The Bertz CT molecular complexity index is 399. The minimum atomic E-state index is 0.0655. The lowest BCUT2D eigenvalue weighted by atomic mass is 9.92. The van der Waals surface area contributed by atoms with Gasteiger partial charge in [0.05, 0.1) is 0 Å². The summed E-state index contributed by atoms with van der Waals surface area (Å²) in [7, 11) is 0. The van der Waals surface area contributed by atoms with Crippen LogP contribution in [0.4, 0.5) is 5.82 Å². The summed E-state index contributed by atoms with van der Waals surface area (Å²) in [6.45, 7) is 3.79. The summed E-state index contributed by atoms with van der Waals surface area (Å²) < 4.78 is 5.36. The Balaban J connectivity index is 2.05. The van der Waals surface area contributed by atoms with Crippen LogP contribution in [0.3, 0.4) is 0 Å². The fourth-order valence-electron chi connectivity index (χ4n) is 1.87. The normalized spacial score (nSPS) is 18.6. The number of pyridine rings is 1. The minimum absolute atomic E-state index is 0.0655. The number of thiocarbonyl (C=S) groups is 1. The van der Waals surface area contributed by atoms with E-state index in [0.717, 1.165) is 37.4 Å². The molecule has 1 aliphatic rings. The Labute approximate surface area is 107 Å². The second-order valence-corrected chi connectivity index (χ2v) is 5.03. The van der Waals surface area contributed by atoms with Crippen LogP contribution in [-0.4, -0.2) is 28.7 Å². The molecular weight excluding hydrogens is 234 g/mol. The van der Waals surface area contributed by atoms with Crippen molar-refractivity contribution in [3.63, 3.8) is 0 Å². The van der Waals surface area contributed by atoms with Gasteiger partial charge in [-0.2, -0.15) is 0 Å². The van der Waals surface area contributed by atoms with Crippen molar-refractivity contribution >= 4 is 23.0 Å². The molecule has 92 valence electrons. The molecule has 0 aliphatic carbocycles. The van der Waals surface area contributed by atoms with E-state index in [2.05, 4.69) is 17.2 Å². The third kappa shape index (κ3) is 3.14. The number of aromatic nitrogens is 1. The highest BCUT2D eigenvalue weighted by Crippen LogP contribution is 2.24. The van der Waals surface area contributed by atoms with Crippen molar-refractivity contribution in [1.82, 2.24) is 4.98 Å². The van der Waals surface area contributed by atoms with Gasteiger partial charge in [-0.3, -0.25) is 0 Å². The van der Waals surface area contributed by atoms with Crippen LogP contribution in [0.25, 0.3) is 0 Å². The molecule has 0 unspecified atom stereocenters. The topological polar surface area (TPSA) is 60.2 Å². The average Bonchev–Trinajstić information content (AvgIpc) is 2.30. The summed E-state index contributed by atoms with van der Waals surface area (Å²) in [5.41, 5.74) is 6.39. The van der Waals surface area contributed by atoms with Crippen LogP contribution in [0.5, 0.6) is 0 Å². The smallest absolute Gasteiger partial charge is 0.126 e. The maximum Gasteiger partial charge on any atom is 0.126 e. The van der Waals surface area contributed by atoms with Gasteiger partial charge in [-0.25, -0.2) is 4.98 Å². The third-order valence-electron chi connectivity index (χ3n) is 3.07. The van der Waals surface area contributed by atoms with Crippen LogP contribution >= 0.6 is 12.2 Å². The van der Waals surface area contributed by atoms with E-state index in [1.54, 1.807) is 6.20 Å². The maximum atomic E-state index is 5.53. The van der Waals surface area contributed by atoms with Gasteiger partial charge in [0.25, 0.3) is 0 Å². The highest BCUT2D eigenvalue weighted by atomic mass is 32.1. The van der Waals surface area contributed by atoms with E-state index in [4.69, 9.17) is 22.7 Å². The van der Waals surface area contributed by atoms with Crippen LogP contribution in [0.1, 0.15) is 25.3 Å². The number of hydrogen-bond donors (Lipinski definition) is 2. The number of ether oxygens (including phenoxy) is 1. The van der Waals surface area contributed by atoms with Crippen LogP contribution in [-0.2, 0) is 4.74 Å². The molecule has 0 spiro atoms. The van der Waals surface area contributed by atoms with E-state index in [1.165, 1.54) is 0 Å². The lowest BCUT2D eigenvalue weighted by Crippen LogP contribution is -2.40. The highest BCUT2D eigenvalue weighted by molar-refractivity contribution is 7.80. The zero-order valence-corrected chi connectivity index (χ0v) is 10.7. The molecule has 1 aliphatic heterocycles. The lowest BCUT2D eigenvalue weighted by Gasteiger charge is -2.34. The molecule has 3 N–H and O–H groups in total. The number of nitrogens with two attached hydrogens (primary N) is 1. The molecule has 0 aromatic carbocycles. The first-order valence-corrected chi connectivity index (χ1v) is 6.12. The van der Waals surface area contributed by atoms with Gasteiger partial charge in [0.1, 0.15) is 10.8 Å². The van der Waals surface area contributed by atoms with Crippen LogP contribution in [0, 0.1) is 0 Å². The molecule has 2 heterocycles. The van der Waals surface area contributed by atoms with E-state index in [1.807, 2.05) is 12.1 Å². The quantitative estimate of drug-likeness (QED) is 0.801. The molecule has 4 nitrogen and oxygen atoms in total. The van der Waals surface area contributed by atoms with Crippen LogP contribution < -0.4 is 11.1 Å². The second-order valence-electron chi connectivity index (χ2n) is 4.59. The largest absolute Gasteiger partial charge is 0.389 e. The Morgan fingerprint density at radius 2 is 2.18 bits per heavy atom. The van der Waals surface area contributed by atoms with Gasteiger partial charge < -0.3 is 15.8 Å². The van der Waals surface area contributed by atoms with Gasteiger partial charge in [0.15, 0.2) is 0 Å². The SMILES string of the molecule is CC1(Nc2ccc(C(N)=S)cn2)CCOCC1. The molecule has 0 amide bonds. The molecular formula is C12H17N3OS. The monoisotopic (exact) mass is 251 g/mol. The molecule has 17 heavy (non-hydrogen) atoms. The second kappa shape index (κ2) is 4.98. The van der Waals surface area contributed by atoms with Crippen molar-refractivity contribution in [2.45, 2.75) is 25.3 Å². The van der Waals surface area contributed by atoms with E-state index in [9.17, 15) is 0 Å². The Morgan fingerprint density at radius 1 is 1.47 bits per heavy atom. The lowest BCUT2D eigenvalue weighted by molar-refractivity contribution is 0.0657. The van der Waals surface area contributed by atoms with E-state index < -0.39 is 0 Å².